The lowest BCUT2D eigenvalue weighted by atomic mass is 10.2. The molecular weight excluding hydrogens is 210 g/mol. The maximum atomic E-state index is 5.79. The second-order valence-electron chi connectivity index (χ2n) is 3.32. The molecule has 2 rings (SSSR count). The summed E-state index contributed by atoms with van der Waals surface area (Å²) in [4.78, 5) is 5.49. The fourth-order valence-electron chi connectivity index (χ4n) is 1.23. The zero-order valence-corrected chi connectivity index (χ0v) is 9.33. The van der Waals surface area contributed by atoms with Crippen LogP contribution < -0.4 is 5.73 Å². The fraction of sp³-hybridized carbons (Fsp3) is 0.400. The zero-order chi connectivity index (χ0) is 10.7. The van der Waals surface area contributed by atoms with Gasteiger partial charge in [0.1, 0.15) is 0 Å². The molecule has 2 aromatic heterocycles. The van der Waals surface area contributed by atoms with E-state index in [-0.39, 0.29) is 6.04 Å². The molecule has 0 spiro atoms. The van der Waals surface area contributed by atoms with Crippen LogP contribution in [0.3, 0.4) is 0 Å². The molecule has 5 heteroatoms. The second-order valence-corrected chi connectivity index (χ2v) is 4.35. The summed E-state index contributed by atoms with van der Waals surface area (Å²) in [5.74, 6) is 1.24. The van der Waals surface area contributed by atoms with Gasteiger partial charge in [0.25, 0.3) is 0 Å². The molecule has 0 aliphatic carbocycles. The quantitative estimate of drug-likeness (QED) is 0.862. The highest BCUT2D eigenvalue weighted by Crippen LogP contribution is 2.15. The van der Waals surface area contributed by atoms with Crippen LogP contribution >= 0.6 is 11.3 Å². The lowest BCUT2D eigenvalue weighted by Crippen LogP contribution is -2.08. The monoisotopic (exact) mass is 223 g/mol. The van der Waals surface area contributed by atoms with E-state index in [0.717, 1.165) is 12.8 Å². The lowest BCUT2D eigenvalue weighted by Gasteiger charge is -1.98. The van der Waals surface area contributed by atoms with Crippen molar-refractivity contribution in [3.05, 3.63) is 34.1 Å². The molecule has 2 aromatic rings. The summed E-state index contributed by atoms with van der Waals surface area (Å²) in [7, 11) is 0. The molecule has 0 saturated heterocycles. The first-order valence-corrected chi connectivity index (χ1v) is 5.78. The molecule has 0 aliphatic heterocycles. The molecule has 0 amide bonds. The zero-order valence-electron chi connectivity index (χ0n) is 8.51. The van der Waals surface area contributed by atoms with Gasteiger partial charge >= 0.3 is 0 Å². The van der Waals surface area contributed by atoms with E-state index in [1.54, 1.807) is 11.3 Å². The summed E-state index contributed by atoms with van der Waals surface area (Å²) < 4.78 is 5.08. The van der Waals surface area contributed by atoms with Gasteiger partial charge in [0.2, 0.25) is 5.89 Å². The molecule has 80 valence electrons. The number of hydrogen-bond donors (Lipinski definition) is 1. The molecule has 15 heavy (non-hydrogen) atoms. The smallest absolute Gasteiger partial charge is 0.243 e. The summed E-state index contributed by atoms with van der Waals surface area (Å²) in [6, 6.07) is 3.92. The lowest BCUT2D eigenvalue weighted by molar-refractivity contribution is 0.349. The fourth-order valence-corrected chi connectivity index (χ4v) is 1.94. The Balaban J connectivity index is 2.07. The van der Waals surface area contributed by atoms with Gasteiger partial charge in [-0.15, -0.1) is 11.3 Å². The minimum Gasteiger partial charge on any atom is -0.338 e. The highest BCUT2D eigenvalue weighted by molar-refractivity contribution is 7.09. The first-order chi connectivity index (χ1) is 7.29. The van der Waals surface area contributed by atoms with Gasteiger partial charge in [-0.1, -0.05) is 18.1 Å². The molecule has 4 nitrogen and oxygen atoms in total. The minimum atomic E-state index is -0.144. The van der Waals surface area contributed by atoms with Crippen LogP contribution in [0.5, 0.6) is 0 Å². The molecule has 0 fully saturated rings. The molecular formula is C10H13N3OS. The van der Waals surface area contributed by atoms with E-state index in [9.17, 15) is 0 Å². The Labute approximate surface area is 92.1 Å². The SMILES string of the molecule is CC[C@@H](N)c1nc(Cc2cccs2)no1. The van der Waals surface area contributed by atoms with Crippen molar-refractivity contribution in [3.8, 4) is 0 Å². The number of nitrogens with zero attached hydrogens (tertiary/aromatic N) is 2. The summed E-state index contributed by atoms with van der Waals surface area (Å²) in [6.07, 6.45) is 1.53. The third kappa shape index (κ3) is 2.43. The van der Waals surface area contributed by atoms with Crippen LogP contribution in [-0.4, -0.2) is 10.1 Å². The van der Waals surface area contributed by atoms with Crippen molar-refractivity contribution < 1.29 is 4.52 Å². The molecule has 2 N–H and O–H groups in total. The van der Waals surface area contributed by atoms with Gasteiger partial charge in [0.05, 0.1) is 6.04 Å². The Morgan fingerprint density at radius 1 is 1.60 bits per heavy atom. The van der Waals surface area contributed by atoms with Crippen LogP contribution in [0.1, 0.15) is 36.0 Å². The molecule has 0 aromatic carbocycles. The largest absolute Gasteiger partial charge is 0.338 e. The van der Waals surface area contributed by atoms with Crippen molar-refractivity contribution in [2.45, 2.75) is 25.8 Å². The third-order valence-corrected chi connectivity index (χ3v) is 3.03. The van der Waals surface area contributed by atoms with Crippen molar-refractivity contribution in [2.75, 3.05) is 0 Å². The summed E-state index contributed by atoms with van der Waals surface area (Å²) in [5, 5.41) is 5.94. The van der Waals surface area contributed by atoms with Crippen LogP contribution in [0.2, 0.25) is 0 Å². The van der Waals surface area contributed by atoms with E-state index in [2.05, 4.69) is 16.2 Å². The van der Waals surface area contributed by atoms with Crippen molar-refractivity contribution in [3.63, 3.8) is 0 Å². The van der Waals surface area contributed by atoms with E-state index < -0.39 is 0 Å². The van der Waals surface area contributed by atoms with E-state index in [1.807, 2.05) is 18.4 Å². The standard InChI is InChI=1S/C10H13N3OS/c1-2-8(11)10-12-9(13-14-10)6-7-4-3-5-15-7/h3-5,8H,2,6,11H2,1H3/t8-/m1/s1. The number of aromatic nitrogens is 2. The average molecular weight is 223 g/mol. The van der Waals surface area contributed by atoms with E-state index >= 15 is 0 Å². The molecule has 0 radical (unpaired) electrons. The Morgan fingerprint density at radius 2 is 2.47 bits per heavy atom. The van der Waals surface area contributed by atoms with Gasteiger partial charge in [0, 0.05) is 11.3 Å². The Bertz CT molecular complexity index is 410. The first-order valence-electron chi connectivity index (χ1n) is 4.90. The van der Waals surface area contributed by atoms with Gasteiger partial charge in [-0.25, -0.2) is 0 Å². The van der Waals surface area contributed by atoms with Gasteiger partial charge in [0.15, 0.2) is 5.82 Å². The van der Waals surface area contributed by atoms with Crippen molar-refractivity contribution in [1.29, 1.82) is 0 Å². The molecule has 2 heterocycles. The van der Waals surface area contributed by atoms with Crippen LogP contribution in [0.25, 0.3) is 0 Å². The normalized spacial score (nSPS) is 12.9. The molecule has 0 unspecified atom stereocenters. The molecule has 0 aliphatic rings. The van der Waals surface area contributed by atoms with Crippen molar-refractivity contribution in [2.24, 2.45) is 5.73 Å². The van der Waals surface area contributed by atoms with E-state index in [0.29, 0.717) is 11.7 Å². The van der Waals surface area contributed by atoms with E-state index in [4.69, 9.17) is 10.3 Å². The second kappa shape index (κ2) is 4.55. The highest BCUT2D eigenvalue weighted by Gasteiger charge is 2.12. The third-order valence-electron chi connectivity index (χ3n) is 2.15. The average Bonchev–Trinajstić information content (AvgIpc) is 2.88. The van der Waals surface area contributed by atoms with Gasteiger partial charge in [-0.3, -0.25) is 0 Å². The predicted molar refractivity (Wildman–Crippen MR) is 58.6 cm³/mol. The van der Waals surface area contributed by atoms with Crippen LogP contribution in [-0.2, 0) is 6.42 Å². The number of hydrogen-bond acceptors (Lipinski definition) is 5. The summed E-state index contributed by atoms with van der Waals surface area (Å²) in [6.45, 7) is 1.99. The number of nitrogens with two attached hydrogens (primary N) is 1. The Kier molecular flexibility index (Phi) is 3.13. The first kappa shape index (κ1) is 10.3. The highest BCUT2D eigenvalue weighted by atomic mass is 32.1. The Hall–Kier alpha value is -1.20. The molecule has 0 saturated carbocycles. The van der Waals surface area contributed by atoms with Crippen molar-refractivity contribution >= 4 is 11.3 Å². The van der Waals surface area contributed by atoms with Crippen LogP contribution in [0, 0.1) is 0 Å². The van der Waals surface area contributed by atoms with Crippen LogP contribution in [0.4, 0.5) is 0 Å². The van der Waals surface area contributed by atoms with E-state index in [1.165, 1.54) is 4.88 Å². The van der Waals surface area contributed by atoms with Gasteiger partial charge < -0.3 is 10.3 Å². The van der Waals surface area contributed by atoms with Gasteiger partial charge in [-0.05, 0) is 17.9 Å². The summed E-state index contributed by atoms with van der Waals surface area (Å²) >= 11 is 1.69. The van der Waals surface area contributed by atoms with Gasteiger partial charge in [-0.2, -0.15) is 4.98 Å². The Morgan fingerprint density at radius 3 is 3.13 bits per heavy atom. The number of thiophene rings is 1. The van der Waals surface area contributed by atoms with Crippen LogP contribution in [0.15, 0.2) is 22.0 Å². The summed E-state index contributed by atoms with van der Waals surface area (Å²) in [5.41, 5.74) is 5.79. The molecule has 0 bridgehead atoms. The predicted octanol–water partition coefficient (Wildman–Crippen LogP) is 2.13. The number of rotatable bonds is 4. The molecule has 1 atom stereocenters. The minimum absolute atomic E-state index is 0.144. The topological polar surface area (TPSA) is 64.9 Å². The van der Waals surface area contributed by atoms with Crippen molar-refractivity contribution in [1.82, 2.24) is 10.1 Å². The maximum Gasteiger partial charge on any atom is 0.243 e. The maximum absolute atomic E-state index is 5.79.